The van der Waals surface area contributed by atoms with Crippen molar-refractivity contribution in [2.24, 2.45) is 10.7 Å². The molecule has 0 unspecified atom stereocenters. The van der Waals surface area contributed by atoms with Gasteiger partial charge in [-0.05, 0) is 36.8 Å². The molecule has 2 N–H and O–H groups in total. The number of rotatable bonds is 4. The molecule has 2 heterocycles. The van der Waals surface area contributed by atoms with Gasteiger partial charge >= 0.3 is 0 Å². The van der Waals surface area contributed by atoms with Crippen molar-refractivity contribution in [3.63, 3.8) is 0 Å². The van der Waals surface area contributed by atoms with Crippen LogP contribution in [0.4, 0.5) is 8.78 Å². The van der Waals surface area contributed by atoms with E-state index in [2.05, 4.69) is 4.99 Å². The Bertz CT molecular complexity index is 1320. The Morgan fingerprint density at radius 1 is 1.26 bits per heavy atom. The van der Waals surface area contributed by atoms with Gasteiger partial charge in [0.05, 0.1) is 5.75 Å². The van der Waals surface area contributed by atoms with Crippen molar-refractivity contribution in [2.75, 3.05) is 12.8 Å². The first-order valence-corrected chi connectivity index (χ1v) is 10.9. The second-order valence-electron chi connectivity index (χ2n) is 7.66. The van der Waals surface area contributed by atoms with Gasteiger partial charge in [-0.1, -0.05) is 18.2 Å². The summed E-state index contributed by atoms with van der Waals surface area (Å²) in [6.07, 6.45) is -0.272. The van der Waals surface area contributed by atoms with Crippen LogP contribution in [0.1, 0.15) is 28.6 Å². The summed E-state index contributed by atoms with van der Waals surface area (Å²) in [5.74, 6) is -3.73. The summed E-state index contributed by atoms with van der Waals surface area (Å²) in [6.45, 7) is 1.35. The summed E-state index contributed by atoms with van der Waals surface area (Å²) < 4.78 is 60.2. The number of carbonyl (C=O) groups excluding carboxylic acids is 1. The molecular formula is C21H19F2N3O4S. The number of ketones is 1. The van der Waals surface area contributed by atoms with Gasteiger partial charge in [-0.15, -0.1) is 0 Å². The van der Waals surface area contributed by atoms with E-state index in [-0.39, 0.29) is 29.3 Å². The van der Waals surface area contributed by atoms with E-state index < -0.39 is 38.7 Å². The van der Waals surface area contributed by atoms with Crippen molar-refractivity contribution in [1.29, 1.82) is 0 Å². The Hall–Kier alpha value is -3.27. The molecule has 0 saturated carbocycles. The number of nitrogens with two attached hydrogens (primary N) is 1. The average molecular weight is 447 g/mol. The number of nitrogens with zero attached hydrogens (tertiary/aromatic N) is 2. The number of benzene rings is 2. The quantitative estimate of drug-likeness (QED) is 0.619. The zero-order valence-electron chi connectivity index (χ0n) is 16.7. The van der Waals surface area contributed by atoms with Crippen LogP contribution in [0, 0.1) is 11.6 Å². The lowest BCUT2D eigenvalue weighted by molar-refractivity contribution is 0.0968. The third-order valence-corrected chi connectivity index (χ3v) is 7.25. The van der Waals surface area contributed by atoms with E-state index in [0.717, 1.165) is 15.8 Å². The third kappa shape index (κ3) is 3.67. The molecule has 3 aromatic rings. The second-order valence-corrected chi connectivity index (χ2v) is 9.66. The lowest BCUT2D eigenvalue weighted by atomic mass is 9.91. The van der Waals surface area contributed by atoms with Gasteiger partial charge in [-0.2, -0.15) is 0 Å². The van der Waals surface area contributed by atoms with E-state index in [1.807, 2.05) is 0 Å². The van der Waals surface area contributed by atoms with Gasteiger partial charge in [0.25, 0.3) is 0 Å². The predicted octanol–water partition coefficient (Wildman–Crippen LogP) is 2.94. The number of furan rings is 1. The first-order chi connectivity index (χ1) is 14.5. The summed E-state index contributed by atoms with van der Waals surface area (Å²) >= 11 is 0. The molecule has 0 aliphatic carbocycles. The molecule has 0 amide bonds. The van der Waals surface area contributed by atoms with Gasteiger partial charge in [0.1, 0.15) is 11.1 Å². The number of sulfonamides is 1. The average Bonchev–Trinajstić information content (AvgIpc) is 3.13. The van der Waals surface area contributed by atoms with Crippen LogP contribution in [0.15, 0.2) is 51.9 Å². The number of Topliss-reactive ketones (excluding diaryl/α,β-unsaturated/α-hetero) is 1. The number of fused-ring (bicyclic) bond motifs is 1. The molecule has 7 nitrogen and oxygen atoms in total. The molecule has 0 saturated heterocycles. The fourth-order valence-electron chi connectivity index (χ4n) is 3.62. The van der Waals surface area contributed by atoms with E-state index in [1.54, 1.807) is 30.3 Å². The fourth-order valence-corrected chi connectivity index (χ4v) is 5.07. The number of hydrogen-bond acceptors (Lipinski definition) is 6. The minimum atomic E-state index is -3.88. The first-order valence-electron chi connectivity index (χ1n) is 9.32. The van der Waals surface area contributed by atoms with Crippen LogP contribution < -0.4 is 5.73 Å². The van der Waals surface area contributed by atoms with Gasteiger partial charge < -0.3 is 10.2 Å². The summed E-state index contributed by atoms with van der Waals surface area (Å²) in [5.41, 5.74) is 4.45. The molecule has 0 spiro atoms. The number of hydrogen-bond donors (Lipinski definition) is 1. The van der Waals surface area contributed by atoms with E-state index in [0.29, 0.717) is 5.58 Å². The first kappa shape index (κ1) is 21.0. The van der Waals surface area contributed by atoms with Crippen LogP contribution in [-0.2, 0) is 22.0 Å². The van der Waals surface area contributed by atoms with Gasteiger partial charge in [0.2, 0.25) is 21.8 Å². The van der Waals surface area contributed by atoms with Gasteiger partial charge in [-0.25, -0.2) is 26.5 Å². The largest absolute Gasteiger partial charge is 0.453 e. The SMILES string of the molecule is CN1C(N)=N[C@](C)(c2cc(CC(=O)c3cc4ccccc4o3)cc(F)c2F)CS1(=O)=O. The maximum atomic E-state index is 14.7. The molecule has 31 heavy (non-hydrogen) atoms. The Kier molecular flexibility index (Phi) is 4.84. The highest BCUT2D eigenvalue weighted by Crippen LogP contribution is 2.35. The molecule has 4 rings (SSSR count). The van der Waals surface area contributed by atoms with Crippen LogP contribution in [0.3, 0.4) is 0 Å². The van der Waals surface area contributed by atoms with Crippen LogP contribution in [0.25, 0.3) is 11.0 Å². The molecule has 1 aromatic heterocycles. The highest BCUT2D eigenvalue weighted by atomic mass is 32.2. The summed E-state index contributed by atoms with van der Waals surface area (Å²) in [5, 5.41) is 0.741. The zero-order chi connectivity index (χ0) is 22.6. The van der Waals surface area contributed by atoms with Crippen molar-refractivity contribution in [3.05, 3.63) is 71.0 Å². The minimum absolute atomic E-state index is 0.0860. The molecular weight excluding hydrogens is 428 g/mol. The fraction of sp³-hybridized carbons (Fsp3) is 0.238. The maximum Gasteiger partial charge on any atom is 0.239 e. The van der Waals surface area contributed by atoms with Gasteiger partial charge in [0, 0.05) is 24.4 Å². The Balaban J connectivity index is 1.72. The van der Waals surface area contributed by atoms with Gasteiger partial charge in [0.15, 0.2) is 17.4 Å². The second kappa shape index (κ2) is 7.16. The van der Waals surface area contributed by atoms with Crippen LogP contribution >= 0.6 is 0 Å². The normalized spacial score (nSPS) is 20.6. The number of carbonyl (C=O) groups is 1. The number of para-hydroxylation sites is 1. The van der Waals surface area contributed by atoms with Crippen molar-refractivity contribution >= 4 is 32.7 Å². The standard InChI is InChI=1S/C21H19F2N3O4S/c1-21(11-31(28,29)26(2)20(24)25-21)14-7-12(8-15(22)19(14)23)9-16(27)18-10-13-5-3-4-6-17(13)30-18/h3-8,10H,9,11H2,1-2H3,(H2,24,25)/t21-/m0/s1. The lowest BCUT2D eigenvalue weighted by Gasteiger charge is -2.34. The Morgan fingerprint density at radius 2 is 1.97 bits per heavy atom. The molecule has 2 aromatic carbocycles. The predicted molar refractivity (Wildman–Crippen MR) is 111 cm³/mol. The minimum Gasteiger partial charge on any atom is -0.453 e. The summed E-state index contributed by atoms with van der Waals surface area (Å²) in [4.78, 5) is 16.8. The van der Waals surface area contributed by atoms with Gasteiger partial charge in [-0.3, -0.25) is 4.79 Å². The molecule has 0 radical (unpaired) electrons. The molecule has 1 aliphatic rings. The van der Waals surface area contributed by atoms with E-state index in [1.165, 1.54) is 20.0 Å². The van der Waals surface area contributed by atoms with Crippen molar-refractivity contribution < 1.29 is 26.4 Å². The number of guanidine groups is 1. The summed E-state index contributed by atoms with van der Waals surface area (Å²) in [6, 6.07) is 10.8. The molecule has 162 valence electrons. The molecule has 1 atom stereocenters. The van der Waals surface area contributed by atoms with E-state index in [9.17, 15) is 22.0 Å². The smallest absolute Gasteiger partial charge is 0.239 e. The lowest BCUT2D eigenvalue weighted by Crippen LogP contribution is -2.50. The van der Waals surface area contributed by atoms with Crippen molar-refractivity contribution in [3.8, 4) is 0 Å². The third-order valence-electron chi connectivity index (χ3n) is 5.30. The van der Waals surface area contributed by atoms with Crippen LogP contribution in [-0.4, -0.2) is 37.3 Å². The maximum absolute atomic E-state index is 14.7. The summed E-state index contributed by atoms with van der Waals surface area (Å²) in [7, 11) is -2.65. The topological polar surface area (TPSA) is 106 Å². The van der Waals surface area contributed by atoms with E-state index in [4.69, 9.17) is 10.2 Å². The Morgan fingerprint density at radius 3 is 2.65 bits per heavy atom. The van der Waals surface area contributed by atoms with Crippen molar-refractivity contribution in [2.45, 2.75) is 18.9 Å². The van der Waals surface area contributed by atoms with Crippen molar-refractivity contribution in [1.82, 2.24) is 4.31 Å². The molecule has 1 aliphatic heterocycles. The molecule has 10 heteroatoms. The van der Waals surface area contributed by atoms with E-state index >= 15 is 0 Å². The highest BCUT2D eigenvalue weighted by molar-refractivity contribution is 7.89. The number of halogens is 2. The number of aliphatic imine (C=N–C) groups is 1. The zero-order valence-corrected chi connectivity index (χ0v) is 17.5. The monoisotopic (exact) mass is 447 g/mol. The van der Waals surface area contributed by atoms with Crippen LogP contribution in [0.5, 0.6) is 0 Å². The van der Waals surface area contributed by atoms with Crippen LogP contribution in [0.2, 0.25) is 0 Å². The molecule has 0 bridgehead atoms. The Labute approximate surface area is 177 Å². The molecule has 0 fully saturated rings. The highest BCUT2D eigenvalue weighted by Gasteiger charge is 2.42.